The molecule has 3 heteroatoms. The lowest BCUT2D eigenvalue weighted by molar-refractivity contribution is 0.511. The second-order valence-electron chi connectivity index (χ2n) is 5.55. The zero-order valence-corrected chi connectivity index (χ0v) is 11.9. The Hall–Kier alpha value is -1.77. The highest BCUT2D eigenvalue weighted by Gasteiger charge is 2.16. The van der Waals surface area contributed by atoms with Crippen LogP contribution in [-0.4, -0.2) is 13.1 Å². The van der Waals surface area contributed by atoms with Crippen molar-refractivity contribution in [2.75, 3.05) is 18.0 Å². The largest absolute Gasteiger partial charge is 0.440 e. The average Bonchev–Trinajstić information content (AvgIpc) is 2.48. The molecule has 0 aliphatic carbocycles. The van der Waals surface area contributed by atoms with Crippen LogP contribution in [0.4, 0.5) is 5.88 Å². The van der Waals surface area contributed by atoms with Crippen molar-refractivity contribution in [3.63, 3.8) is 0 Å². The van der Waals surface area contributed by atoms with Crippen molar-refractivity contribution in [2.45, 2.75) is 32.6 Å². The van der Waals surface area contributed by atoms with E-state index in [0.29, 0.717) is 23.3 Å². The number of hydrogen-bond donors (Lipinski definition) is 0. The molecule has 0 unspecified atom stereocenters. The minimum Gasteiger partial charge on any atom is -0.440 e. The molecule has 0 N–H and O–H groups in total. The van der Waals surface area contributed by atoms with Crippen molar-refractivity contribution in [3.05, 3.63) is 46.5 Å². The Balaban J connectivity index is 2.17. The number of anilines is 1. The summed E-state index contributed by atoms with van der Waals surface area (Å²) in [7, 11) is 0. The predicted octanol–water partition coefficient (Wildman–Crippen LogP) is 3.47. The number of benzene rings is 1. The third kappa shape index (κ3) is 2.33. The first kappa shape index (κ1) is 13.2. The standard InChI is InChI=1S/C17H20NO2/c1-3-13-9-12(2)10-14-15(19)11-16(20-17(13)14)18-7-5-4-6-8-18/h9-11H,1,3-8H2,2H3. The molecule has 0 spiro atoms. The van der Waals surface area contributed by atoms with Gasteiger partial charge in [-0.1, -0.05) is 6.07 Å². The van der Waals surface area contributed by atoms with E-state index in [4.69, 9.17) is 4.42 Å². The molecule has 3 rings (SSSR count). The first-order valence-corrected chi connectivity index (χ1v) is 7.30. The molecule has 1 aliphatic heterocycles. The number of hydrogen-bond acceptors (Lipinski definition) is 3. The van der Waals surface area contributed by atoms with Gasteiger partial charge in [-0.15, -0.1) is 0 Å². The Morgan fingerprint density at radius 2 is 1.95 bits per heavy atom. The summed E-state index contributed by atoms with van der Waals surface area (Å²) >= 11 is 0. The van der Waals surface area contributed by atoms with Crippen LogP contribution in [0.1, 0.15) is 30.4 Å². The summed E-state index contributed by atoms with van der Waals surface area (Å²) in [5.41, 5.74) is 2.84. The first-order chi connectivity index (χ1) is 9.69. The lowest BCUT2D eigenvalue weighted by Gasteiger charge is -2.27. The smallest absolute Gasteiger partial charge is 0.199 e. The highest BCUT2D eigenvalue weighted by molar-refractivity contribution is 5.81. The molecule has 1 fully saturated rings. The maximum Gasteiger partial charge on any atom is 0.199 e. The average molecular weight is 270 g/mol. The van der Waals surface area contributed by atoms with Crippen LogP contribution >= 0.6 is 0 Å². The van der Waals surface area contributed by atoms with Crippen molar-refractivity contribution in [3.8, 4) is 0 Å². The summed E-state index contributed by atoms with van der Waals surface area (Å²) in [6.07, 6.45) is 4.22. The van der Waals surface area contributed by atoms with Gasteiger partial charge in [-0.2, -0.15) is 0 Å². The summed E-state index contributed by atoms with van der Waals surface area (Å²) in [5.74, 6) is 0.709. The van der Waals surface area contributed by atoms with E-state index < -0.39 is 0 Å². The first-order valence-electron chi connectivity index (χ1n) is 7.30. The summed E-state index contributed by atoms with van der Waals surface area (Å²) in [6, 6.07) is 5.60. The van der Waals surface area contributed by atoms with Gasteiger partial charge in [0.2, 0.25) is 0 Å². The van der Waals surface area contributed by atoms with Gasteiger partial charge < -0.3 is 9.32 Å². The van der Waals surface area contributed by atoms with Gasteiger partial charge in [0.15, 0.2) is 11.3 Å². The van der Waals surface area contributed by atoms with Gasteiger partial charge in [-0.05, 0) is 56.7 Å². The van der Waals surface area contributed by atoms with Crippen LogP contribution in [0.15, 0.2) is 27.4 Å². The van der Waals surface area contributed by atoms with E-state index in [1.54, 1.807) is 6.07 Å². The molecule has 0 atom stereocenters. The van der Waals surface area contributed by atoms with E-state index in [0.717, 1.165) is 37.1 Å². The van der Waals surface area contributed by atoms with E-state index in [1.807, 2.05) is 13.0 Å². The number of fused-ring (bicyclic) bond motifs is 1. The normalized spacial score (nSPS) is 15.8. The fourth-order valence-electron chi connectivity index (χ4n) is 2.93. The van der Waals surface area contributed by atoms with Gasteiger partial charge in [-0.25, -0.2) is 0 Å². The molecule has 1 aromatic heterocycles. The Morgan fingerprint density at radius 1 is 1.20 bits per heavy atom. The molecule has 1 radical (unpaired) electrons. The Bertz CT molecular complexity index is 681. The number of rotatable bonds is 2. The number of nitrogens with zero attached hydrogens (tertiary/aromatic N) is 1. The second kappa shape index (κ2) is 5.31. The second-order valence-corrected chi connectivity index (χ2v) is 5.55. The van der Waals surface area contributed by atoms with Crippen molar-refractivity contribution < 1.29 is 4.42 Å². The van der Waals surface area contributed by atoms with Gasteiger partial charge in [0.05, 0.1) is 5.39 Å². The Kier molecular flexibility index (Phi) is 3.51. The van der Waals surface area contributed by atoms with Crippen molar-refractivity contribution >= 4 is 16.9 Å². The molecule has 2 heterocycles. The summed E-state index contributed by atoms with van der Waals surface area (Å²) in [5, 5.41) is 0.671. The minimum atomic E-state index is 0.0465. The predicted molar refractivity (Wildman–Crippen MR) is 82.3 cm³/mol. The molecule has 0 saturated carbocycles. The van der Waals surface area contributed by atoms with Crippen LogP contribution < -0.4 is 10.3 Å². The minimum absolute atomic E-state index is 0.0465. The third-order valence-electron chi connectivity index (χ3n) is 3.97. The molecule has 105 valence electrons. The highest BCUT2D eigenvalue weighted by atomic mass is 16.4. The van der Waals surface area contributed by atoms with Gasteiger partial charge in [0.25, 0.3) is 0 Å². The van der Waals surface area contributed by atoms with E-state index in [2.05, 4.69) is 17.9 Å². The highest BCUT2D eigenvalue weighted by Crippen LogP contribution is 2.25. The SMILES string of the molecule is [CH2]Cc1cc(C)cc2c(=O)cc(N3CCCCC3)oc12. The van der Waals surface area contributed by atoms with Gasteiger partial charge >= 0.3 is 0 Å². The molecule has 0 amide bonds. The fraction of sp³-hybridized carbons (Fsp3) is 0.412. The molecule has 1 saturated heterocycles. The van der Waals surface area contributed by atoms with Crippen LogP contribution in [0.3, 0.4) is 0 Å². The molecule has 20 heavy (non-hydrogen) atoms. The molecular formula is C17H20NO2. The summed E-state index contributed by atoms with van der Waals surface area (Å²) < 4.78 is 6.05. The summed E-state index contributed by atoms with van der Waals surface area (Å²) in [6.45, 7) is 7.88. The quantitative estimate of drug-likeness (QED) is 0.838. The van der Waals surface area contributed by atoms with Crippen molar-refractivity contribution in [1.82, 2.24) is 0 Å². The van der Waals surface area contributed by atoms with E-state index in [9.17, 15) is 4.79 Å². The zero-order valence-electron chi connectivity index (χ0n) is 11.9. The third-order valence-corrected chi connectivity index (χ3v) is 3.97. The maximum absolute atomic E-state index is 12.4. The van der Waals surface area contributed by atoms with Gasteiger partial charge in [0, 0.05) is 19.2 Å². The molecule has 1 aromatic carbocycles. The summed E-state index contributed by atoms with van der Waals surface area (Å²) in [4.78, 5) is 14.5. The van der Waals surface area contributed by atoms with E-state index >= 15 is 0 Å². The molecule has 2 aromatic rings. The molecule has 1 aliphatic rings. The van der Waals surface area contributed by atoms with Crippen LogP contribution in [0.5, 0.6) is 0 Å². The van der Waals surface area contributed by atoms with Crippen molar-refractivity contribution in [2.24, 2.45) is 0 Å². The van der Waals surface area contributed by atoms with Crippen LogP contribution in [-0.2, 0) is 6.42 Å². The van der Waals surface area contributed by atoms with Crippen LogP contribution in [0.25, 0.3) is 11.0 Å². The van der Waals surface area contributed by atoms with Gasteiger partial charge in [-0.3, -0.25) is 4.79 Å². The molecule has 0 bridgehead atoms. The Morgan fingerprint density at radius 3 is 2.65 bits per heavy atom. The molecular weight excluding hydrogens is 250 g/mol. The zero-order chi connectivity index (χ0) is 14.1. The van der Waals surface area contributed by atoms with Crippen LogP contribution in [0, 0.1) is 13.8 Å². The number of piperidine rings is 1. The molecule has 3 nitrogen and oxygen atoms in total. The monoisotopic (exact) mass is 270 g/mol. The van der Waals surface area contributed by atoms with Crippen LogP contribution in [0.2, 0.25) is 0 Å². The maximum atomic E-state index is 12.4. The topological polar surface area (TPSA) is 33.5 Å². The van der Waals surface area contributed by atoms with Gasteiger partial charge in [0.1, 0.15) is 5.58 Å². The lowest BCUT2D eigenvalue weighted by Crippen LogP contribution is -2.30. The van der Waals surface area contributed by atoms with Crippen molar-refractivity contribution in [1.29, 1.82) is 0 Å². The van der Waals surface area contributed by atoms with E-state index in [1.165, 1.54) is 6.42 Å². The van der Waals surface area contributed by atoms with E-state index in [-0.39, 0.29) is 5.43 Å². The fourth-order valence-corrected chi connectivity index (χ4v) is 2.93. The Labute approximate surface area is 119 Å². The number of aryl methyl sites for hydroxylation is 1. The lowest BCUT2D eigenvalue weighted by atomic mass is 10.0.